The molecule has 1 amide bonds. The monoisotopic (exact) mass is 380 g/mol. The number of aromatic nitrogens is 2. The smallest absolute Gasteiger partial charge is 0.337 e. The molecule has 148 valence electrons. The van der Waals surface area contributed by atoms with E-state index in [4.69, 9.17) is 0 Å². The summed E-state index contributed by atoms with van der Waals surface area (Å²) in [4.78, 5) is 33.0. The number of benzene rings is 1. The average Bonchev–Trinajstić information content (AvgIpc) is 3.01. The number of fused-ring (bicyclic) bond motifs is 4. The van der Waals surface area contributed by atoms with Crippen molar-refractivity contribution < 1.29 is 4.79 Å². The van der Waals surface area contributed by atoms with Crippen LogP contribution in [0.25, 0.3) is 0 Å². The van der Waals surface area contributed by atoms with E-state index in [0.717, 1.165) is 45.4 Å². The molecule has 0 N–H and O–H groups in total. The molecule has 3 fully saturated rings. The molecule has 1 aromatic carbocycles. The summed E-state index contributed by atoms with van der Waals surface area (Å²) in [6, 6.07) is 12.6. The number of nitrogens with zero attached hydrogens (tertiary/aromatic N) is 4. The Morgan fingerprint density at radius 2 is 1.93 bits per heavy atom. The lowest BCUT2D eigenvalue weighted by molar-refractivity contribution is -0.136. The van der Waals surface area contributed by atoms with E-state index in [1.54, 1.807) is 12.3 Å². The maximum Gasteiger partial charge on any atom is 0.347 e. The van der Waals surface area contributed by atoms with Crippen LogP contribution in [0.1, 0.15) is 24.8 Å². The Hall–Kier alpha value is -2.47. The van der Waals surface area contributed by atoms with Gasteiger partial charge < -0.3 is 9.80 Å². The number of aryl methyl sites for hydroxylation is 1. The van der Waals surface area contributed by atoms with Crippen molar-refractivity contribution in [1.29, 1.82) is 0 Å². The summed E-state index contributed by atoms with van der Waals surface area (Å²) in [5.41, 5.74) is 1.03. The van der Waals surface area contributed by atoms with Gasteiger partial charge in [-0.15, -0.1) is 0 Å². The number of hydrogen-bond acceptors (Lipinski definition) is 4. The first kappa shape index (κ1) is 18.9. The molecule has 0 radical (unpaired) electrons. The van der Waals surface area contributed by atoms with E-state index in [9.17, 15) is 9.59 Å². The molecule has 3 saturated heterocycles. The molecule has 0 aliphatic carbocycles. The summed E-state index contributed by atoms with van der Waals surface area (Å²) in [5, 5.41) is 0. The number of carbonyl (C=O) groups excluding carboxylic acids is 1. The van der Waals surface area contributed by atoms with Gasteiger partial charge in [0.1, 0.15) is 6.54 Å². The molecule has 0 saturated carbocycles. The van der Waals surface area contributed by atoms with Crippen molar-refractivity contribution in [2.45, 2.75) is 38.3 Å². The predicted octanol–water partition coefficient (Wildman–Crippen LogP) is 1.80. The third-order valence-corrected chi connectivity index (χ3v) is 5.98. The van der Waals surface area contributed by atoms with Crippen LogP contribution in [0.3, 0.4) is 0 Å². The van der Waals surface area contributed by atoms with Gasteiger partial charge >= 0.3 is 5.69 Å². The lowest BCUT2D eigenvalue weighted by atomic mass is 9.95. The van der Waals surface area contributed by atoms with Crippen LogP contribution in [-0.4, -0.2) is 57.5 Å². The van der Waals surface area contributed by atoms with Crippen LogP contribution >= 0.6 is 0 Å². The van der Waals surface area contributed by atoms with Crippen LogP contribution in [0.4, 0.5) is 0 Å². The number of amides is 1. The van der Waals surface area contributed by atoms with Crippen molar-refractivity contribution >= 4 is 5.91 Å². The highest BCUT2D eigenvalue weighted by molar-refractivity contribution is 5.76. The summed E-state index contributed by atoms with van der Waals surface area (Å²) in [6.07, 6.45) is 7.59. The van der Waals surface area contributed by atoms with Crippen molar-refractivity contribution in [1.82, 2.24) is 19.4 Å². The second kappa shape index (κ2) is 8.69. The van der Waals surface area contributed by atoms with E-state index in [2.05, 4.69) is 40.2 Å². The zero-order valence-electron chi connectivity index (χ0n) is 16.2. The Balaban J connectivity index is 1.34. The summed E-state index contributed by atoms with van der Waals surface area (Å²) in [7, 11) is 0. The zero-order chi connectivity index (χ0) is 19.3. The maximum absolute atomic E-state index is 12.9. The van der Waals surface area contributed by atoms with Crippen molar-refractivity contribution in [3.8, 4) is 0 Å². The Bertz CT molecular complexity index is 851. The molecule has 6 heteroatoms. The molecule has 28 heavy (non-hydrogen) atoms. The number of hydrogen-bond donors (Lipinski definition) is 0. The molecule has 3 aliphatic heterocycles. The number of rotatable bonds is 6. The topological polar surface area (TPSA) is 58.4 Å². The van der Waals surface area contributed by atoms with Gasteiger partial charge in [-0.05, 0) is 49.8 Å². The molecule has 5 rings (SSSR count). The third-order valence-electron chi connectivity index (χ3n) is 5.98. The quantitative estimate of drug-likeness (QED) is 0.767. The van der Waals surface area contributed by atoms with E-state index in [-0.39, 0.29) is 24.2 Å². The van der Waals surface area contributed by atoms with Gasteiger partial charge in [0.2, 0.25) is 5.91 Å². The van der Waals surface area contributed by atoms with Crippen molar-refractivity contribution in [2.24, 2.45) is 5.92 Å². The minimum atomic E-state index is -0.363. The SMILES string of the molecule is O=C(Cn1cccnc1=O)N1C[C@H]2CC[C@@H]1CN(CCCc1ccccc1)C2. The standard InChI is InChI=1S/C22H28N4O2/c27-21(17-25-13-5-11-23-22(25)28)26-15-19-9-10-20(26)16-24(14-19)12-4-8-18-6-2-1-3-7-18/h1-3,5-7,11,13,19-20H,4,8-10,12,14-17H2/t19-,20+/m0/s1. The van der Waals surface area contributed by atoms with Gasteiger partial charge in [-0.1, -0.05) is 30.3 Å². The van der Waals surface area contributed by atoms with Gasteiger partial charge in [-0.25, -0.2) is 9.78 Å². The second-order valence-corrected chi connectivity index (χ2v) is 8.02. The molecule has 2 aromatic rings. The highest BCUT2D eigenvalue weighted by Crippen LogP contribution is 2.28. The molecular formula is C22H28N4O2. The molecular weight excluding hydrogens is 352 g/mol. The largest absolute Gasteiger partial charge is 0.347 e. The van der Waals surface area contributed by atoms with Gasteiger partial charge in [0.25, 0.3) is 0 Å². The van der Waals surface area contributed by atoms with E-state index in [1.165, 1.54) is 22.7 Å². The van der Waals surface area contributed by atoms with Crippen molar-refractivity contribution in [3.05, 3.63) is 64.8 Å². The highest BCUT2D eigenvalue weighted by atomic mass is 16.2. The first-order valence-corrected chi connectivity index (χ1v) is 10.3. The van der Waals surface area contributed by atoms with Crippen LogP contribution in [-0.2, 0) is 17.8 Å². The lowest BCUT2D eigenvalue weighted by Gasteiger charge is -2.36. The normalized spacial score (nSPS) is 22.2. The van der Waals surface area contributed by atoms with Gasteiger partial charge in [0.15, 0.2) is 0 Å². The first-order valence-electron chi connectivity index (χ1n) is 10.3. The number of carbonyl (C=O) groups is 1. The van der Waals surface area contributed by atoms with E-state index in [1.807, 2.05) is 4.90 Å². The van der Waals surface area contributed by atoms with E-state index < -0.39 is 0 Å². The molecule has 4 heterocycles. The van der Waals surface area contributed by atoms with Crippen LogP contribution in [0.5, 0.6) is 0 Å². The fourth-order valence-corrected chi connectivity index (χ4v) is 4.56. The fraction of sp³-hybridized carbons (Fsp3) is 0.500. The molecule has 6 nitrogen and oxygen atoms in total. The minimum absolute atomic E-state index is 0.0379. The summed E-state index contributed by atoms with van der Waals surface area (Å²) >= 11 is 0. The van der Waals surface area contributed by atoms with Gasteiger partial charge in [0.05, 0.1) is 0 Å². The molecule has 3 aliphatic rings. The Morgan fingerprint density at radius 3 is 2.75 bits per heavy atom. The lowest BCUT2D eigenvalue weighted by Crippen LogP contribution is -2.49. The Morgan fingerprint density at radius 1 is 1.07 bits per heavy atom. The predicted molar refractivity (Wildman–Crippen MR) is 108 cm³/mol. The first-order chi connectivity index (χ1) is 13.7. The third kappa shape index (κ3) is 4.50. The van der Waals surface area contributed by atoms with Crippen molar-refractivity contribution in [3.63, 3.8) is 0 Å². The van der Waals surface area contributed by atoms with Crippen molar-refractivity contribution in [2.75, 3.05) is 26.2 Å². The van der Waals surface area contributed by atoms with Gasteiger partial charge in [0, 0.05) is 38.1 Å². The Kier molecular flexibility index (Phi) is 5.86. The maximum atomic E-state index is 12.9. The van der Waals surface area contributed by atoms with Crippen LogP contribution < -0.4 is 5.69 Å². The van der Waals surface area contributed by atoms with E-state index >= 15 is 0 Å². The summed E-state index contributed by atoms with van der Waals surface area (Å²) in [5.74, 6) is 0.570. The zero-order valence-corrected chi connectivity index (χ0v) is 16.2. The summed E-state index contributed by atoms with van der Waals surface area (Å²) < 4.78 is 1.40. The molecule has 2 bridgehead atoms. The molecule has 0 unspecified atom stereocenters. The average molecular weight is 380 g/mol. The summed E-state index contributed by atoms with van der Waals surface area (Å²) in [6.45, 7) is 3.99. The van der Waals surface area contributed by atoms with Gasteiger partial charge in [-0.3, -0.25) is 9.36 Å². The fourth-order valence-electron chi connectivity index (χ4n) is 4.56. The minimum Gasteiger partial charge on any atom is -0.337 e. The van der Waals surface area contributed by atoms with Gasteiger partial charge in [-0.2, -0.15) is 0 Å². The van der Waals surface area contributed by atoms with Crippen LogP contribution in [0.2, 0.25) is 0 Å². The number of piperidine rings is 1. The van der Waals surface area contributed by atoms with E-state index in [0.29, 0.717) is 5.92 Å². The van der Waals surface area contributed by atoms with Crippen LogP contribution in [0.15, 0.2) is 53.6 Å². The molecule has 1 aromatic heterocycles. The second-order valence-electron chi connectivity index (χ2n) is 8.02. The molecule has 0 spiro atoms. The Labute approximate surface area is 165 Å². The highest BCUT2D eigenvalue weighted by Gasteiger charge is 2.36. The van der Waals surface area contributed by atoms with Crippen LogP contribution in [0, 0.1) is 5.92 Å². The molecule has 2 atom stereocenters.